The second-order valence-electron chi connectivity index (χ2n) is 6.38. The number of nitrogens with one attached hydrogen (secondary N) is 1. The van der Waals surface area contributed by atoms with Gasteiger partial charge in [0.1, 0.15) is 5.82 Å². The highest BCUT2D eigenvalue weighted by molar-refractivity contribution is 6.12. The molecule has 6 nitrogen and oxygen atoms in total. The van der Waals surface area contributed by atoms with Gasteiger partial charge in [0.25, 0.3) is 11.8 Å². The van der Waals surface area contributed by atoms with Gasteiger partial charge in [-0.25, -0.2) is 9.18 Å². The molecule has 0 aliphatic carbocycles. The van der Waals surface area contributed by atoms with Crippen molar-refractivity contribution < 1.29 is 23.5 Å². The van der Waals surface area contributed by atoms with Crippen molar-refractivity contribution >= 4 is 29.2 Å². The Balaban J connectivity index is 1.68. The van der Waals surface area contributed by atoms with E-state index in [1.54, 1.807) is 43.4 Å². The van der Waals surface area contributed by atoms with E-state index in [2.05, 4.69) is 5.32 Å². The van der Waals surface area contributed by atoms with Crippen LogP contribution in [-0.2, 0) is 9.53 Å². The number of carbonyl (C=O) groups is 3. The van der Waals surface area contributed by atoms with Gasteiger partial charge in [-0.3, -0.25) is 9.59 Å². The van der Waals surface area contributed by atoms with Crippen molar-refractivity contribution in [1.82, 2.24) is 0 Å². The van der Waals surface area contributed by atoms with Gasteiger partial charge in [-0.1, -0.05) is 36.4 Å². The lowest BCUT2D eigenvalue weighted by Gasteiger charge is -2.18. The summed E-state index contributed by atoms with van der Waals surface area (Å²) >= 11 is 0. The smallest absolute Gasteiger partial charge is 0.339 e. The van der Waals surface area contributed by atoms with Gasteiger partial charge in [0.15, 0.2) is 6.61 Å². The van der Waals surface area contributed by atoms with Crippen molar-refractivity contribution in [2.75, 3.05) is 23.9 Å². The number of hydrogen-bond acceptors (Lipinski definition) is 4. The van der Waals surface area contributed by atoms with Crippen molar-refractivity contribution in [3.63, 3.8) is 0 Å². The maximum absolute atomic E-state index is 13.2. The minimum absolute atomic E-state index is 0.0452. The number of anilines is 2. The van der Waals surface area contributed by atoms with Gasteiger partial charge in [0.2, 0.25) is 0 Å². The van der Waals surface area contributed by atoms with Crippen LogP contribution in [-0.4, -0.2) is 31.4 Å². The van der Waals surface area contributed by atoms with Crippen LogP contribution in [0.3, 0.4) is 0 Å². The Hall–Kier alpha value is -4.00. The summed E-state index contributed by atoms with van der Waals surface area (Å²) in [4.78, 5) is 38.8. The zero-order chi connectivity index (χ0) is 21.5. The second kappa shape index (κ2) is 9.47. The fraction of sp³-hybridized carbons (Fsp3) is 0.0870. The highest BCUT2D eigenvalue weighted by atomic mass is 19.1. The monoisotopic (exact) mass is 406 g/mol. The number of benzene rings is 3. The molecule has 3 aromatic rings. The van der Waals surface area contributed by atoms with Gasteiger partial charge >= 0.3 is 5.97 Å². The van der Waals surface area contributed by atoms with E-state index in [4.69, 9.17) is 4.74 Å². The molecule has 0 aliphatic rings. The molecule has 0 radical (unpaired) electrons. The molecule has 0 saturated heterocycles. The third-order valence-electron chi connectivity index (χ3n) is 4.27. The average Bonchev–Trinajstić information content (AvgIpc) is 2.77. The van der Waals surface area contributed by atoms with Gasteiger partial charge in [-0.2, -0.15) is 0 Å². The van der Waals surface area contributed by atoms with Crippen LogP contribution in [0, 0.1) is 5.82 Å². The SMILES string of the molecule is CN(C(=O)c1ccccc1C(=O)OCC(=O)Nc1cccc(F)c1)c1ccccc1. The minimum Gasteiger partial charge on any atom is -0.452 e. The molecular formula is C23H19FN2O4. The lowest BCUT2D eigenvalue weighted by atomic mass is 10.1. The fourth-order valence-electron chi connectivity index (χ4n) is 2.77. The van der Waals surface area contributed by atoms with Crippen LogP contribution in [0.25, 0.3) is 0 Å². The van der Waals surface area contributed by atoms with E-state index in [-0.39, 0.29) is 16.8 Å². The first kappa shape index (κ1) is 20.7. The molecule has 0 aromatic heterocycles. The molecule has 3 aromatic carbocycles. The topological polar surface area (TPSA) is 75.7 Å². The summed E-state index contributed by atoms with van der Waals surface area (Å²) < 4.78 is 18.2. The highest BCUT2D eigenvalue weighted by Gasteiger charge is 2.22. The minimum atomic E-state index is -0.810. The number of carbonyl (C=O) groups excluding carboxylic acids is 3. The van der Waals surface area contributed by atoms with Crippen molar-refractivity contribution in [3.8, 4) is 0 Å². The fourth-order valence-corrected chi connectivity index (χ4v) is 2.77. The molecule has 0 bridgehead atoms. The Morgan fingerprint density at radius 1 is 0.900 bits per heavy atom. The van der Waals surface area contributed by atoms with Gasteiger partial charge in [0, 0.05) is 18.4 Å². The first-order valence-electron chi connectivity index (χ1n) is 9.10. The van der Waals surface area contributed by atoms with Crippen LogP contribution in [0.5, 0.6) is 0 Å². The van der Waals surface area contributed by atoms with Crippen molar-refractivity contribution in [2.45, 2.75) is 0 Å². The van der Waals surface area contributed by atoms with Crippen LogP contribution in [0.15, 0.2) is 78.9 Å². The van der Waals surface area contributed by atoms with Gasteiger partial charge in [0.05, 0.1) is 11.1 Å². The van der Waals surface area contributed by atoms with Crippen molar-refractivity contribution in [1.29, 1.82) is 0 Å². The number of ether oxygens (including phenoxy) is 1. The number of nitrogens with zero attached hydrogens (tertiary/aromatic N) is 1. The molecule has 152 valence electrons. The van der Waals surface area contributed by atoms with E-state index in [0.717, 1.165) is 6.07 Å². The number of rotatable bonds is 6. The lowest BCUT2D eigenvalue weighted by molar-refractivity contribution is -0.119. The van der Waals surface area contributed by atoms with E-state index in [9.17, 15) is 18.8 Å². The van der Waals surface area contributed by atoms with Crippen LogP contribution in [0.4, 0.5) is 15.8 Å². The number of amides is 2. The van der Waals surface area contributed by atoms with Crippen LogP contribution in [0.2, 0.25) is 0 Å². The summed E-state index contributed by atoms with van der Waals surface area (Å²) in [5.41, 5.74) is 1.11. The molecule has 0 spiro atoms. The number of hydrogen-bond donors (Lipinski definition) is 1. The maximum Gasteiger partial charge on any atom is 0.339 e. The third kappa shape index (κ3) is 5.08. The molecule has 7 heteroatoms. The first-order chi connectivity index (χ1) is 14.5. The number of para-hydroxylation sites is 1. The molecule has 0 aliphatic heterocycles. The Labute approximate surface area is 172 Å². The van der Waals surface area contributed by atoms with E-state index in [1.807, 2.05) is 6.07 Å². The molecule has 3 rings (SSSR count). The van der Waals surface area contributed by atoms with E-state index in [1.165, 1.54) is 35.2 Å². The molecule has 0 atom stereocenters. The first-order valence-corrected chi connectivity index (χ1v) is 9.10. The van der Waals surface area contributed by atoms with Crippen LogP contribution >= 0.6 is 0 Å². The molecule has 0 unspecified atom stereocenters. The number of esters is 1. The molecule has 0 saturated carbocycles. The molecule has 1 N–H and O–H groups in total. The molecule has 2 amide bonds. The standard InChI is InChI=1S/C23H19FN2O4/c1-26(18-10-3-2-4-11-18)22(28)19-12-5-6-13-20(19)23(29)30-15-21(27)25-17-9-7-8-16(24)14-17/h2-14H,15H2,1H3,(H,25,27). The van der Waals surface area contributed by atoms with Gasteiger partial charge in [-0.05, 0) is 42.5 Å². The molecule has 30 heavy (non-hydrogen) atoms. The van der Waals surface area contributed by atoms with Crippen LogP contribution < -0.4 is 10.2 Å². The average molecular weight is 406 g/mol. The van der Waals surface area contributed by atoms with Gasteiger partial charge < -0.3 is 15.0 Å². The normalized spacial score (nSPS) is 10.2. The van der Waals surface area contributed by atoms with E-state index >= 15 is 0 Å². The lowest BCUT2D eigenvalue weighted by Crippen LogP contribution is -2.28. The maximum atomic E-state index is 13.2. The molecular weight excluding hydrogens is 387 g/mol. The Kier molecular flexibility index (Phi) is 6.54. The van der Waals surface area contributed by atoms with E-state index in [0.29, 0.717) is 5.69 Å². The zero-order valence-electron chi connectivity index (χ0n) is 16.2. The Bertz CT molecular complexity index is 1070. The summed E-state index contributed by atoms with van der Waals surface area (Å²) in [6, 6.07) is 20.5. The zero-order valence-corrected chi connectivity index (χ0v) is 16.2. The van der Waals surface area contributed by atoms with Crippen molar-refractivity contribution in [2.24, 2.45) is 0 Å². The van der Waals surface area contributed by atoms with E-state index < -0.39 is 30.2 Å². The number of halogens is 1. The summed E-state index contributed by atoms with van der Waals surface area (Å²) in [7, 11) is 1.60. The predicted molar refractivity (Wildman–Crippen MR) is 111 cm³/mol. The second-order valence-corrected chi connectivity index (χ2v) is 6.38. The third-order valence-corrected chi connectivity index (χ3v) is 4.27. The Morgan fingerprint density at radius 2 is 1.57 bits per heavy atom. The van der Waals surface area contributed by atoms with Crippen molar-refractivity contribution in [3.05, 3.63) is 95.8 Å². The largest absolute Gasteiger partial charge is 0.452 e. The van der Waals surface area contributed by atoms with Gasteiger partial charge in [-0.15, -0.1) is 0 Å². The summed E-state index contributed by atoms with van der Waals surface area (Å²) in [5, 5.41) is 2.44. The predicted octanol–water partition coefficient (Wildman–Crippen LogP) is 3.90. The summed E-state index contributed by atoms with van der Waals surface area (Å²) in [6.45, 7) is -0.577. The Morgan fingerprint density at radius 3 is 2.27 bits per heavy atom. The summed E-state index contributed by atoms with van der Waals surface area (Å²) in [5.74, 6) is -2.33. The summed E-state index contributed by atoms with van der Waals surface area (Å²) in [6.07, 6.45) is 0. The van der Waals surface area contributed by atoms with Crippen LogP contribution in [0.1, 0.15) is 20.7 Å². The molecule has 0 heterocycles. The highest BCUT2D eigenvalue weighted by Crippen LogP contribution is 2.18. The molecule has 0 fully saturated rings. The quantitative estimate of drug-likeness (QED) is 0.630.